The topological polar surface area (TPSA) is 42.2 Å². The molecule has 4 heteroatoms. The Labute approximate surface area is 94.7 Å². The van der Waals surface area contributed by atoms with E-state index in [2.05, 4.69) is 34.6 Å². The normalized spacial score (nSPS) is 20.7. The van der Waals surface area contributed by atoms with Crippen LogP contribution in [0.3, 0.4) is 0 Å². The van der Waals surface area contributed by atoms with E-state index in [0.717, 1.165) is 31.0 Å². The van der Waals surface area contributed by atoms with Crippen molar-refractivity contribution in [3.8, 4) is 0 Å². The predicted molar refractivity (Wildman–Crippen MR) is 62.6 cm³/mol. The molecule has 1 fully saturated rings. The van der Waals surface area contributed by atoms with Crippen LogP contribution in [0.1, 0.15) is 30.5 Å². The van der Waals surface area contributed by atoms with Crippen LogP contribution in [-0.4, -0.2) is 27.5 Å². The molecule has 0 saturated carbocycles. The van der Waals surface area contributed by atoms with Gasteiger partial charge in [0, 0.05) is 31.1 Å². The lowest BCUT2D eigenvalue weighted by molar-refractivity contribution is 0.751. The number of imidazole rings is 1. The molecule has 0 bridgehead atoms. The first-order valence-electron chi connectivity index (χ1n) is 5.91. The lowest BCUT2D eigenvalue weighted by Crippen LogP contribution is -2.08. The van der Waals surface area contributed by atoms with Crippen LogP contribution >= 0.6 is 0 Å². The minimum absolute atomic E-state index is 0.615. The SMILES string of the molecule is CCc1cn2cc(C3CCNC3)cnc2n1. The minimum Gasteiger partial charge on any atom is -0.316 e. The van der Waals surface area contributed by atoms with E-state index in [1.165, 1.54) is 12.0 Å². The Morgan fingerprint density at radius 2 is 2.44 bits per heavy atom. The molecule has 1 aliphatic heterocycles. The monoisotopic (exact) mass is 216 g/mol. The summed E-state index contributed by atoms with van der Waals surface area (Å²) in [6.45, 7) is 4.30. The zero-order chi connectivity index (χ0) is 11.0. The van der Waals surface area contributed by atoms with Crippen LogP contribution in [0.2, 0.25) is 0 Å². The maximum absolute atomic E-state index is 4.44. The van der Waals surface area contributed by atoms with Gasteiger partial charge < -0.3 is 5.32 Å². The van der Waals surface area contributed by atoms with Crippen LogP contribution in [0.5, 0.6) is 0 Å². The van der Waals surface area contributed by atoms with E-state index >= 15 is 0 Å². The van der Waals surface area contributed by atoms with E-state index < -0.39 is 0 Å². The van der Waals surface area contributed by atoms with Gasteiger partial charge in [-0.1, -0.05) is 6.92 Å². The molecule has 0 radical (unpaired) electrons. The molecule has 1 saturated heterocycles. The van der Waals surface area contributed by atoms with Crippen LogP contribution in [-0.2, 0) is 6.42 Å². The van der Waals surface area contributed by atoms with E-state index in [9.17, 15) is 0 Å². The van der Waals surface area contributed by atoms with Crippen LogP contribution < -0.4 is 5.32 Å². The first kappa shape index (κ1) is 9.78. The molecule has 4 nitrogen and oxygen atoms in total. The van der Waals surface area contributed by atoms with Crippen molar-refractivity contribution in [3.63, 3.8) is 0 Å². The molecule has 1 N–H and O–H groups in total. The van der Waals surface area contributed by atoms with Crippen LogP contribution in [0.15, 0.2) is 18.6 Å². The van der Waals surface area contributed by atoms with Crippen molar-refractivity contribution in [2.45, 2.75) is 25.7 Å². The second-order valence-corrected chi connectivity index (χ2v) is 4.37. The van der Waals surface area contributed by atoms with Crippen LogP contribution in [0.4, 0.5) is 0 Å². The fourth-order valence-corrected chi connectivity index (χ4v) is 2.27. The molecule has 0 aromatic carbocycles. The molecule has 3 heterocycles. The lowest BCUT2D eigenvalue weighted by atomic mass is 10.0. The van der Waals surface area contributed by atoms with E-state index in [1.54, 1.807) is 0 Å². The molecule has 1 atom stereocenters. The van der Waals surface area contributed by atoms with Gasteiger partial charge in [0.25, 0.3) is 0 Å². The number of hydrogen-bond donors (Lipinski definition) is 1. The van der Waals surface area contributed by atoms with Gasteiger partial charge in [-0.25, -0.2) is 9.97 Å². The lowest BCUT2D eigenvalue weighted by Gasteiger charge is -2.07. The van der Waals surface area contributed by atoms with Crippen molar-refractivity contribution < 1.29 is 0 Å². The van der Waals surface area contributed by atoms with Crippen molar-refractivity contribution in [3.05, 3.63) is 29.8 Å². The summed E-state index contributed by atoms with van der Waals surface area (Å²) in [6.07, 6.45) is 8.39. The number of aryl methyl sites for hydroxylation is 1. The summed E-state index contributed by atoms with van der Waals surface area (Å²) < 4.78 is 2.05. The van der Waals surface area contributed by atoms with Crippen LogP contribution in [0, 0.1) is 0 Å². The van der Waals surface area contributed by atoms with E-state index in [1.807, 2.05) is 10.6 Å². The van der Waals surface area contributed by atoms with Gasteiger partial charge in [-0.05, 0) is 24.9 Å². The maximum atomic E-state index is 4.44. The Hall–Kier alpha value is -1.42. The van der Waals surface area contributed by atoms with Crippen molar-refractivity contribution in [2.24, 2.45) is 0 Å². The standard InChI is InChI=1S/C12H16N4/c1-2-11-8-16-7-10(6-14-12(16)15-11)9-3-4-13-5-9/h6-9,13H,2-5H2,1H3. The third kappa shape index (κ3) is 1.59. The molecule has 3 rings (SSSR count). The van der Waals surface area contributed by atoms with Crippen molar-refractivity contribution in [1.29, 1.82) is 0 Å². The third-order valence-electron chi connectivity index (χ3n) is 3.27. The van der Waals surface area contributed by atoms with Gasteiger partial charge >= 0.3 is 0 Å². The quantitative estimate of drug-likeness (QED) is 0.824. The first-order valence-corrected chi connectivity index (χ1v) is 5.91. The number of aromatic nitrogens is 3. The summed E-state index contributed by atoms with van der Waals surface area (Å²) in [7, 11) is 0. The summed E-state index contributed by atoms with van der Waals surface area (Å²) in [5, 5.41) is 3.38. The highest BCUT2D eigenvalue weighted by Crippen LogP contribution is 2.21. The highest BCUT2D eigenvalue weighted by atomic mass is 15.1. The molecule has 2 aromatic rings. The first-order chi connectivity index (χ1) is 7.86. The van der Waals surface area contributed by atoms with Gasteiger partial charge in [0.15, 0.2) is 0 Å². The molecule has 0 spiro atoms. The zero-order valence-electron chi connectivity index (χ0n) is 9.48. The molecule has 2 aromatic heterocycles. The van der Waals surface area contributed by atoms with Gasteiger partial charge in [-0.3, -0.25) is 4.40 Å². The summed E-state index contributed by atoms with van der Waals surface area (Å²) in [4.78, 5) is 8.85. The van der Waals surface area contributed by atoms with Crippen molar-refractivity contribution >= 4 is 5.78 Å². The van der Waals surface area contributed by atoms with E-state index in [-0.39, 0.29) is 0 Å². The van der Waals surface area contributed by atoms with Gasteiger partial charge in [-0.15, -0.1) is 0 Å². The molecule has 0 amide bonds. The van der Waals surface area contributed by atoms with Gasteiger partial charge in [0.2, 0.25) is 5.78 Å². The van der Waals surface area contributed by atoms with Gasteiger partial charge in [-0.2, -0.15) is 0 Å². The second-order valence-electron chi connectivity index (χ2n) is 4.37. The van der Waals surface area contributed by atoms with Gasteiger partial charge in [0.05, 0.1) is 5.69 Å². The fraction of sp³-hybridized carbons (Fsp3) is 0.500. The number of rotatable bonds is 2. The predicted octanol–water partition coefficient (Wildman–Crippen LogP) is 1.37. The number of hydrogen-bond acceptors (Lipinski definition) is 3. The zero-order valence-corrected chi connectivity index (χ0v) is 9.48. The molecule has 1 aliphatic rings. The highest BCUT2D eigenvalue weighted by molar-refractivity contribution is 5.33. The minimum atomic E-state index is 0.615. The average Bonchev–Trinajstić information content (AvgIpc) is 2.96. The Morgan fingerprint density at radius 1 is 1.50 bits per heavy atom. The molecule has 84 valence electrons. The molecule has 0 aliphatic carbocycles. The van der Waals surface area contributed by atoms with Crippen molar-refractivity contribution in [1.82, 2.24) is 19.7 Å². The number of nitrogens with one attached hydrogen (secondary N) is 1. The van der Waals surface area contributed by atoms with E-state index in [0.29, 0.717) is 5.92 Å². The molecular weight excluding hydrogens is 200 g/mol. The highest BCUT2D eigenvalue weighted by Gasteiger charge is 2.17. The maximum Gasteiger partial charge on any atom is 0.233 e. The molecule has 1 unspecified atom stereocenters. The summed E-state index contributed by atoms with van der Waals surface area (Å²) in [5.41, 5.74) is 2.42. The smallest absolute Gasteiger partial charge is 0.233 e. The molecule has 16 heavy (non-hydrogen) atoms. The Bertz CT molecular complexity index is 497. The molecular formula is C12H16N4. The van der Waals surface area contributed by atoms with Crippen LogP contribution in [0.25, 0.3) is 5.78 Å². The summed E-state index contributed by atoms with van der Waals surface area (Å²) in [5.74, 6) is 1.43. The number of nitrogens with zero attached hydrogens (tertiary/aromatic N) is 3. The summed E-state index contributed by atoms with van der Waals surface area (Å²) >= 11 is 0. The average molecular weight is 216 g/mol. The Morgan fingerprint density at radius 3 is 3.19 bits per heavy atom. The van der Waals surface area contributed by atoms with E-state index in [4.69, 9.17) is 0 Å². The Balaban J connectivity index is 2.00. The third-order valence-corrected chi connectivity index (χ3v) is 3.27. The summed E-state index contributed by atoms with van der Waals surface area (Å²) in [6, 6.07) is 0. The van der Waals surface area contributed by atoms with Gasteiger partial charge in [0.1, 0.15) is 0 Å². The van der Waals surface area contributed by atoms with Crippen molar-refractivity contribution in [2.75, 3.05) is 13.1 Å². The number of fused-ring (bicyclic) bond motifs is 1. The largest absolute Gasteiger partial charge is 0.316 e. The second kappa shape index (κ2) is 3.87. The fourth-order valence-electron chi connectivity index (χ4n) is 2.27. The Kier molecular flexibility index (Phi) is 2.36.